The van der Waals surface area contributed by atoms with Crippen LogP contribution in [0.1, 0.15) is 20.8 Å². The van der Waals surface area contributed by atoms with Crippen LogP contribution in [-0.4, -0.2) is 13.0 Å². The van der Waals surface area contributed by atoms with E-state index in [0.717, 1.165) is 5.92 Å². The Morgan fingerprint density at radius 3 is 1.60 bits per heavy atom. The SMILES string of the molecule is CC(C)C.O=S(=O)([O-])c1ccccc1.[CH3+]. The van der Waals surface area contributed by atoms with E-state index in [-0.39, 0.29) is 12.3 Å². The van der Waals surface area contributed by atoms with Crippen molar-refractivity contribution in [1.82, 2.24) is 0 Å². The second kappa shape index (κ2) is 7.31. The zero-order valence-corrected chi connectivity index (χ0v) is 10.4. The molecular formula is C11H18O3S. The van der Waals surface area contributed by atoms with Crippen molar-refractivity contribution in [3.63, 3.8) is 0 Å². The molecular weight excluding hydrogens is 212 g/mol. The van der Waals surface area contributed by atoms with E-state index in [1.807, 2.05) is 0 Å². The van der Waals surface area contributed by atoms with Gasteiger partial charge < -0.3 is 4.55 Å². The first-order valence-corrected chi connectivity index (χ1v) is 5.76. The number of benzene rings is 1. The van der Waals surface area contributed by atoms with E-state index in [9.17, 15) is 13.0 Å². The highest BCUT2D eigenvalue weighted by Crippen LogP contribution is 2.04. The van der Waals surface area contributed by atoms with Crippen LogP contribution in [0.4, 0.5) is 0 Å². The van der Waals surface area contributed by atoms with Crippen LogP contribution < -0.4 is 0 Å². The maximum Gasteiger partial charge on any atom is 0.124 e. The summed E-state index contributed by atoms with van der Waals surface area (Å²) in [6.45, 7) is 6.50. The lowest BCUT2D eigenvalue weighted by atomic mass is 10.3. The summed E-state index contributed by atoms with van der Waals surface area (Å²) in [5.41, 5.74) is 0. The van der Waals surface area contributed by atoms with E-state index in [4.69, 9.17) is 0 Å². The van der Waals surface area contributed by atoms with Gasteiger partial charge in [-0.3, -0.25) is 0 Å². The minimum Gasteiger partial charge on any atom is -0.744 e. The van der Waals surface area contributed by atoms with E-state index in [1.165, 1.54) is 24.3 Å². The van der Waals surface area contributed by atoms with Gasteiger partial charge in [-0.05, 0) is 18.1 Å². The Morgan fingerprint density at radius 1 is 1.07 bits per heavy atom. The van der Waals surface area contributed by atoms with Gasteiger partial charge in [-0.2, -0.15) is 0 Å². The van der Waals surface area contributed by atoms with E-state index in [0.29, 0.717) is 0 Å². The van der Waals surface area contributed by atoms with Gasteiger partial charge in [-0.1, -0.05) is 39.0 Å². The quantitative estimate of drug-likeness (QED) is 0.550. The Hall–Kier alpha value is -1.00. The molecule has 0 fully saturated rings. The second-order valence-corrected chi connectivity index (χ2v) is 4.88. The Bertz CT molecular complexity index is 339. The molecule has 0 amide bonds. The fraction of sp³-hybridized carbons (Fsp3) is 0.364. The highest BCUT2D eigenvalue weighted by Gasteiger charge is 1.95. The van der Waals surface area contributed by atoms with Crippen LogP contribution in [0.5, 0.6) is 0 Å². The molecule has 0 unspecified atom stereocenters. The molecule has 0 radical (unpaired) electrons. The van der Waals surface area contributed by atoms with Gasteiger partial charge in [0.2, 0.25) is 0 Å². The lowest BCUT2D eigenvalue weighted by molar-refractivity contribution is 0.463. The third-order valence-electron chi connectivity index (χ3n) is 1.03. The molecule has 0 aliphatic rings. The highest BCUT2D eigenvalue weighted by atomic mass is 32.2. The van der Waals surface area contributed by atoms with Crippen molar-refractivity contribution in [3.8, 4) is 0 Å². The van der Waals surface area contributed by atoms with Gasteiger partial charge in [0.25, 0.3) is 0 Å². The Balaban J connectivity index is 0. The van der Waals surface area contributed by atoms with Crippen LogP contribution in [0, 0.1) is 13.3 Å². The third-order valence-corrected chi connectivity index (χ3v) is 1.88. The number of hydrogen-bond acceptors (Lipinski definition) is 3. The summed E-state index contributed by atoms with van der Waals surface area (Å²) in [4.78, 5) is -0.185. The van der Waals surface area contributed by atoms with Crippen molar-refractivity contribution < 1.29 is 13.0 Å². The first-order valence-electron chi connectivity index (χ1n) is 4.35. The zero-order chi connectivity index (χ0) is 11.2. The highest BCUT2D eigenvalue weighted by molar-refractivity contribution is 7.85. The van der Waals surface area contributed by atoms with Crippen LogP contribution in [0.15, 0.2) is 35.2 Å². The molecule has 0 spiro atoms. The minimum atomic E-state index is -4.25. The fourth-order valence-corrected chi connectivity index (χ4v) is 1.08. The molecule has 0 aromatic heterocycles. The number of hydrogen-bond donors (Lipinski definition) is 0. The normalized spacial score (nSPS) is 9.93. The fourth-order valence-electron chi connectivity index (χ4n) is 0.587. The van der Waals surface area contributed by atoms with Gasteiger partial charge in [0.15, 0.2) is 0 Å². The Morgan fingerprint density at radius 2 is 1.40 bits per heavy atom. The van der Waals surface area contributed by atoms with Crippen molar-refractivity contribution >= 4 is 10.1 Å². The van der Waals surface area contributed by atoms with Crippen molar-refractivity contribution in [2.75, 3.05) is 0 Å². The standard InChI is InChI=1S/C6H6O3S.C4H10.CH3/c7-10(8,9)6-4-2-1-3-5-6;1-4(2)3;/h1-5H,(H,7,8,9);4H,1-3H3;1H3/q;;+1/p-1. The molecule has 0 N–H and O–H groups in total. The molecule has 0 aliphatic heterocycles. The molecule has 0 atom stereocenters. The largest absolute Gasteiger partial charge is 0.744 e. The third kappa shape index (κ3) is 9.31. The lowest BCUT2D eigenvalue weighted by Crippen LogP contribution is -1.96. The molecule has 15 heavy (non-hydrogen) atoms. The summed E-state index contributed by atoms with van der Waals surface area (Å²) in [7, 11) is -4.25. The molecule has 0 bridgehead atoms. The molecule has 3 nitrogen and oxygen atoms in total. The zero-order valence-electron chi connectivity index (χ0n) is 9.60. The van der Waals surface area contributed by atoms with Gasteiger partial charge in [0.05, 0.1) is 4.90 Å². The predicted octanol–water partition coefficient (Wildman–Crippen LogP) is 2.70. The van der Waals surface area contributed by atoms with Gasteiger partial charge in [0.1, 0.15) is 10.1 Å². The molecule has 0 heterocycles. The average molecular weight is 230 g/mol. The first-order chi connectivity index (χ1) is 6.34. The summed E-state index contributed by atoms with van der Waals surface area (Å²) in [5, 5.41) is 0. The van der Waals surface area contributed by atoms with Crippen molar-refractivity contribution in [3.05, 3.63) is 37.8 Å². The number of rotatable bonds is 1. The van der Waals surface area contributed by atoms with Gasteiger partial charge in [-0.25, -0.2) is 8.42 Å². The van der Waals surface area contributed by atoms with Crippen LogP contribution in [-0.2, 0) is 10.1 Å². The van der Waals surface area contributed by atoms with Crippen molar-refractivity contribution in [2.24, 2.45) is 5.92 Å². The molecule has 1 aromatic carbocycles. The summed E-state index contributed by atoms with van der Waals surface area (Å²) in [6, 6.07) is 7.19. The summed E-state index contributed by atoms with van der Waals surface area (Å²) >= 11 is 0. The second-order valence-electron chi connectivity index (χ2n) is 3.50. The van der Waals surface area contributed by atoms with Gasteiger partial charge in [-0.15, -0.1) is 0 Å². The molecule has 86 valence electrons. The summed E-state index contributed by atoms with van der Waals surface area (Å²) < 4.78 is 30.8. The topological polar surface area (TPSA) is 57.2 Å². The van der Waals surface area contributed by atoms with Crippen LogP contribution >= 0.6 is 0 Å². The van der Waals surface area contributed by atoms with E-state index < -0.39 is 10.1 Å². The van der Waals surface area contributed by atoms with Gasteiger partial charge >= 0.3 is 0 Å². The van der Waals surface area contributed by atoms with Gasteiger partial charge in [0, 0.05) is 7.43 Å². The molecule has 0 saturated heterocycles. The molecule has 4 heteroatoms. The lowest BCUT2D eigenvalue weighted by Gasteiger charge is -2.04. The van der Waals surface area contributed by atoms with Crippen LogP contribution in [0.25, 0.3) is 0 Å². The van der Waals surface area contributed by atoms with E-state index >= 15 is 0 Å². The summed E-state index contributed by atoms with van der Waals surface area (Å²) in [6.07, 6.45) is 0. The van der Waals surface area contributed by atoms with E-state index in [2.05, 4.69) is 20.8 Å². The summed E-state index contributed by atoms with van der Waals surface area (Å²) in [5.74, 6) is 0.833. The first kappa shape index (κ1) is 16.4. The Kier molecular flexibility index (Phi) is 8.01. The van der Waals surface area contributed by atoms with Crippen LogP contribution in [0.2, 0.25) is 0 Å². The van der Waals surface area contributed by atoms with Crippen molar-refractivity contribution in [2.45, 2.75) is 25.7 Å². The minimum absolute atomic E-state index is 0. The smallest absolute Gasteiger partial charge is 0.124 e. The van der Waals surface area contributed by atoms with E-state index in [1.54, 1.807) is 6.07 Å². The molecule has 0 aliphatic carbocycles. The predicted molar refractivity (Wildman–Crippen MR) is 61.3 cm³/mol. The van der Waals surface area contributed by atoms with Crippen LogP contribution in [0.3, 0.4) is 0 Å². The average Bonchev–Trinajstić information content (AvgIpc) is 2.03. The Labute approximate surface area is 92.9 Å². The van der Waals surface area contributed by atoms with Crippen molar-refractivity contribution in [1.29, 1.82) is 0 Å². The monoisotopic (exact) mass is 230 g/mol. The maximum absolute atomic E-state index is 10.3. The molecule has 0 saturated carbocycles. The molecule has 1 rings (SSSR count). The maximum atomic E-state index is 10.3. The molecule has 1 aromatic rings.